The first-order valence-corrected chi connectivity index (χ1v) is 6.90. The van der Waals surface area contributed by atoms with Gasteiger partial charge in [-0.25, -0.2) is 0 Å². The van der Waals surface area contributed by atoms with Crippen molar-refractivity contribution in [1.82, 2.24) is 0 Å². The summed E-state index contributed by atoms with van der Waals surface area (Å²) in [5, 5.41) is 9.90. The van der Waals surface area contributed by atoms with Crippen LogP contribution in [-0.4, -0.2) is 24.9 Å². The third-order valence-electron chi connectivity index (χ3n) is 3.10. The van der Waals surface area contributed by atoms with Crippen LogP contribution in [-0.2, 0) is 0 Å². The van der Waals surface area contributed by atoms with Crippen LogP contribution in [0.1, 0.15) is 25.8 Å². The predicted molar refractivity (Wildman–Crippen MR) is 77.0 cm³/mol. The lowest BCUT2D eigenvalue weighted by molar-refractivity contribution is 0.297. The van der Waals surface area contributed by atoms with Gasteiger partial charge < -0.3 is 14.6 Å². The normalized spacial score (nSPS) is 15.5. The monoisotopic (exact) mass is 282 g/mol. The first-order valence-electron chi connectivity index (χ1n) is 6.52. The van der Waals surface area contributed by atoms with Crippen LogP contribution in [0.5, 0.6) is 11.5 Å². The van der Waals surface area contributed by atoms with Gasteiger partial charge in [0.25, 0.3) is 0 Å². The van der Waals surface area contributed by atoms with E-state index < -0.39 is 0 Å². The highest BCUT2D eigenvalue weighted by molar-refractivity contribution is 6.32. The number of benzene rings is 1. The summed E-state index contributed by atoms with van der Waals surface area (Å²) in [5.74, 6) is 1.59. The van der Waals surface area contributed by atoms with E-state index in [0.29, 0.717) is 35.7 Å². The van der Waals surface area contributed by atoms with E-state index in [1.807, 2.05) is 32.1 Å². The van der Waals surface area contributed by atoms with Gasteiger partial charge in [-0.15, -0.1) is 0 Å². The number of halogens is 1. The summed E-state index contributed by atoms with van der Waals surface area (Å²) in [6.45, 7) is 5.40. The van der Waals surface area contributed by atoms with Crippen LogP contribution in [0, 0.1) is 5.92 Å². The summed E-state index contributed by atoms with van der Waals surface area (Å²) in [6, 6.07) is 3.75. The summed E-state index contributed by atoms with van der Waals surface area (Å²) in [4.78, 5) is 0. The molecular weight excluding hydrogens is 264 g/mol. The highest BCUT2D eigenvalue weighted by Gasteiger charge is 2.15. The van der Waals surface area contributed by atoms with E-state index in [4.69, 9.17) is 21.1 Å². The van der Waals surface area contributed by atoms with Crippen molar-refractivity contribution >= 4 is 17.7 Å². The summed E-state index contributed by atoms with van der Waals surface area (Å²) < 4.78 is 11.2. The van der Waals surface area contributed by atoms with Gasteiger partial charge in [-0.1, -0.05) is 31.5 Å². The van der Waals surface area contributed by atoms with Crippen LogP contribution >= 0.6 is 11.6 Å². The number of aliphatic hydroxyl groups excluding tert-OH is 1. The van der Waals surface area contributed by atoms with Gasteiger partial charge in [0.1, 0.15) is 0 Å². The Hall–Kier alpha value is -1.19. The second-order valence-electron chi connectivity index (χ2n) is 4.91. The molecule has 0 spiro atoms. The molecule has 2 rings (SSSR count). The molecule has 0 bridgehead atoms. The molecule has 0 atom stereocenters. The smallest absolute Gasteiger partial charge is 0.179 e. The minimum absolute atomic E-state index is 0.0454. The molecule has 0 aromatic heterocycles. The molecule has 1 heterocycles. The average molecular weight is 283 g/mol. The minimum Gasteiger partial charge on any atom is -0.489 e. The first-order chi connectivity index (χ1) is 9.11. The molecule has 104 valence electrons. The molecule has 1 N–H and O–H groups in total. The molecule has 1 aromatic rings. The Balaban J connectivity index is 2.38. The van der Waals surface area contributed by atoms with Crippen molar-refractivity contribution in [3.05, 3.63) is 28.3 Å². The van der Waals surface area contributed by atoms with Gasteiger partial charge in [0.15, 0.2) is 11.5 Å². The molecule has 0 saturated heterocycles. The maximum atomic E-state index is 9.35. The molecule has 1 aliphatic rings. The van der Waals surface area contributed by atoms with Gasteiger partial charge in [0.05, 0.1) is 24.8 Å². The zero-order valence-corrected chi connectivity index (χ0v) is 12.0. The molecule has 3 nitrogen and oxygen atoms in total. The third kappa shape index (κ3) is 3.43. The lowest BCUT2D eigenvalue weighted by Crippen LogP contribution is -1.99. The van der Waals surface area contributed by atoms with Gasteiger partial charge >= 0.3 is 0 Å². The van der Waals surface area contributed by atoms with Crippen LogP contribution in [0.3, 0.4) is 0 Å². The van der Waals surface area contributed by atoms with Crippen molar-refractivity contribution in [2.45, 2.75) is 20.3 Å². The van der Waals surface area contributed by atoms with Gasteiger partial charge in [-0.2, -0.15) is 0 Å². The Morgan fingerprint density at radius 1 is 1.37 bits per heavy atom. The van der Waals surface area contributed by atoms with Crippen molar-refractivity contribution in [3.63, 3.8) is 0 Å². The topological polar surface area (TPSA) is 38.7 Å². The molecule has 1 aliphatic heterocycles. The minimum atomic E-state index is 0.0454. The fourth-order valence-electron chi connectivity index (χ4n) is 1.94. The Labute approximate surface area is 118 Å². The van der Waals surface area contributed by atoms with Crippen molar-refractivity contribution in [3.8, 4) is 11.5 Å². The largest absolute Gasteiger partial charge is 0.489 e. The van der Waals surface area contributed by atoms with E-state index in [9.17, 15) is 5.11 Å². The summed E-state index contributed by atoms with van der Waals surface area (Å²) in [6.07, 6.45) is 2.80. The molecule has 0 amide bonds. The maximum absolute atomic E-state index is 9.35. The number of fused-ring (bicyclic) bond motifs is 1. The van der Waals surface area contributed by atoms with E-state index in [2.05, 4.69) is 0 Å². The fourth-order valence-corrected chi connectivity index (χ4v) is 2.22. The molecule has 1 aromatic carbocycles. The van der Waals surface area contributed by atoms with Gasteiger partial charge in [-0.05, 0) is 29.2 Å². The van der Waals surface area contributed by atoms with Crippen molar-refractivity contribution in [2.75, 3.05) is 19.8 Å². The van der Waals surface area contributed by atoms with Gasteiger partial charge in [0.2, 0.25) is 0 Å². The molecule has 0 aliphatic carbocycles. The van der Waals surface area contributed by atoms with Crippen LogP contribution in [0.15, 0.2) is 17.7 Å². The summed E-state index contributed by atoms with van der Waals surface area (Å²) in [7, 11) is 0. The number of ether oxygens (including phenoxy) is 2. The van der Waals surface area contributed by atoms with Crippen molar-refractivity contribution in [1.29, 1.82) is 0 Å². The van der Waals surface area contributed by atoms with E-state index in [1.165, 1.54) is 0 Å². The number of aliphatic hydroxyl groups is 1. The first kappa shape index (κ1) is 14.2. The fraction of sp³-hybridized carbons (Fsp3) is 0.467. The highest BCUT2D eigenvalue weighted by Crippen LogP contribution is 2.38. The standard InChI is InChI=1S/C15H19ClO3/c1-10(2)12(9-17)6-11-7-13(16)15-14(8-11)18-4-3-5-19-15/h6-8,10,17H,3-5,9H2,1-2H3. The van der Waals surface area contributed by atoms with E-state index in [-0.39, 0.29) is 6.61 Å². The van der Waals surface area contributed by atoms with Gasteiger partial charge in [0, 0.05) is 6.42 Å². The zero-order chi connectivity index (χ0) is 13.8. The Morgan fingerprint density at radius 2 is 2.11 bits per heavy atom. The molecule has 19 heavy (non-hydrogen) atoms. The lowest BCUT2D eigenvalue weighted by atomic mass is 10.0. The maximum Gasteiger partial charge on any atom is 0.179 e. The lowest BCUT2D eigenvalue weighted by Gasteiger charge is -2.12. The Morgan fingerprint density at radius 3 is 2.79 bits per heavy atom. The van der Waals surface area contributed by atoms with Crippen LogP contribution < -0.4 is 9.47 Å². The van der Waals surface area contributed by atoms with Crippen molar-refractivity contribution in [2.24, 2.45) is 5.92 Å². The van der Waals surface area contributed by atoms with Crippen LogP contribution in [0.4, 0.5) is 0 Å². The number of hydrogen-bond donors (Lipinski definition) is 1. The third-order valence-corrected chi connectivity index (χ3v) is 3.38. The SMILES string of the molecule is CC(C)C(=Cc1cc(Cl)c2c(c1)OCCCO2)CO. The number of rotatable bonds is 3. The van der Waals surface area contributed by atoms with E-state index >= 15 is 0 Å². The van der Waals surface area contributed by atoms with E-state index in [0.717, 1.165) is 17.6 Å². The van der Waals surface area contributed by atoms with Crippen LogP contribution in [0.25, 0.3) is 6.08 Å². The molecule has 0 fully saturated rings. The molecule has 4 heteroatoms. The molecule has 0 saturated carbocycles. The average Bonchev–Trinajstić information content (AvgIpc) is 2.61. The van der Waals surface area contributed by atoms with Crippen molar-refractivity contribution < 1.29 is 14.6 Å². The van der Waals surface area contributed by atoms with Crippen LogP contribution in [0.2, 0.25) is 5.02 Å². The Kier molecular flexibility index (Phi) is 4.72. The molecule has 0 unspecified atom stereocenters. The zero-order valence-electron chi connectivity index (χ0n) is 11.3. The second-order valence-corrected chi connectivity index (χ2v) is 5.32. The number of hydrogen-bond acceptors (Lipinski definition) is 3. The predicted octanol–water partition coefficient (Wildman–Crippen LogP) is 3.53. The van der Waals surface area contributed by atoms with Gasteiger partial charge in [-0.3, -0.25) is 0 Å². The molecular formula is C15H19ClO3. The molecule has 0 radical (unpaired) electrons. The summed E-state index contributed by atoms with van der Waals surface area (Å²) >= 11 is 6.23. The summed E-state index contributed by atoms with van der Waals surface area (Å²) in [5.41, 5.74) is 1.89. The highest BCUT2D eigenvalue weighted by atomic mass is 35.5. The second kappa shape index (κ2) is 6.31. The van der Waals surface area contributed by atoms with E-state index in [1.54, 1.807) is 0 Å². The Bertz CT molecular complexity index is 481. The quantitative estimate of drug-likeness (QED) is 0.922.